The molecule has 0 bridgehead atoms. The van der Waals surface area contributed by atoms with Gasteiger partial charge in [0.25, 0.3) is 0 Å². The molecular weight excluding hydrogens is 549 g/mol. The zero-order valence-corrected chi connectivity index (χ0v) is 22.7. The smallest absolute Gasteiger partial charge is 0.197 e. The van der Waals surface area contributed by atoms with Crippen LogP contribution in [0, 0.1) is 5.82 Å². The Kier molecular flexibility index (Phi) is 5.61. The third-order valence-electron chi connectivity index (χ3n) is 7.47. The molecule has 8 rings (SSSR count). The van der Waals surface area contributed by atoms with Gasteiger partial charge in [0, 0.05) is 57.0 Å². The van der Waals surface area contributed by atoms with Crippen molar-refractivity contribution >= 4 is 55.6 Å². The van der Waals surface area contributed by atoms with E-state index in [0.29, 0.717) is 33.1 Å². The van der Waals surface area contributed by atoms with Crippen LogP contribution in [0.4, 0.5) is 4.39 Å². The molecule has 0 radical (unpaired) electrons. The van der Waals surface area contributed by atoms with Crippen LogP contribution in [0.3, 0.4) is 0 Å². The first-order chi connectivity index (χ1) is 20.6. The summed E-state index contributed by atoms with van der Waals surface area (Å²) >= 11 is 6.19. The summed E-state index contributed by atoms with van der Waals surface area (Å²) in [6.07, 6.45) is 8.57. The van der Waals surface area contributed by atoms with Gasteiger partial charge in [-0.05, 0) is 53.6 Å². The Morgan fingerprint density at radius 2 is 1.50 bits per heavy atom. The van der Waals surface area contributed by atoms with Gasteiger partial charge in [0.2, 0.25) is 0 Å². The first-order valence-corrected chi connectivity index (χ1v) is 13.6. The summed E-state index contributed by atoms with van der Waals surface area (Å²) in [5.41, 5.74) is 7.50. The van der Waals surface area contributed by atoms with Crippen molar-refractivity contribution in [3.05, 3.63) is 120 Å². The van der Waals surface area contributed by atoms with Crippen LogP contribution < -0.4 is 0 Å². The molecule has 7 nitrogen and oxygen atoms in total. The molecule has 3 aromatic carbocycles. The molecule has 0 N–H and O–H groups in total. The van der Waals surface area contributed by atoms with Gasteiger partial charge >= 0.3 is 0 Å². The van der Waals surface area contributed by atoms with Gasteiger partial charge in [-0.3, -0.25) is 15.0 Å². The number of hydrogen-bond acceptors (Lipinski definition) is 6. The Morgan fingerprint density at radius 3 is 2.40 bits per heavy atom. The van der Waals surface area contributed by atoms with Crippen LogP contribution >= 0.6 is 11.6 Å². The van der Waals surface area contributed by atoms with E-state index in [-0.39, 0.29) is 12.4 Å². The van der Waals surface area contributed by atoms with Crippen LogP contribution in [0.1, 0.15) is 5.56 Å². The van der Waals surface area contributed by atoms with E-state index in [1.165, 1.54) is 6.07 Å². The molecular formula is C33H19ClFN7. The highest BCUT2D eigenvalue weighted by Gasteiger charge is 2.14. The summed E-state index contributed by atoms with van der Waals surface area (Å²) in [7, 11) is 0. The van der Waals surface area contributed by atoms with E-state index in [1.807, 2.05) is 53.1 Å². The number of nitrogens with zero attached hydrogens (tertiary/aromatic N) is 7. The molecule has 9 heteroatoms. The van der Waals surface area contributed by atoms with Gasteiger partial charge in [0.1, 0.15) is 5.82 Å². The summed E-state index contributed by atoms with van der Waals surface area (Å²) in [6, 6.07) is 22.9. The summed E-state index contributed by atoms with van der Waals surface area (Å²) in [4.78, 5) is 27.3. The van der Waals surface area contributed by atoms with Crippen molar-refractivity contribution in [1.29, 1.82) is 0 Å². The lowest BCUT2D eigenvalue weighted by Gasteiger charge is -2.10. The molecule has 200 valence electrons. The topological polar surface area (TPSA) is 82.3 Å². The first-order valence-electron chi connectivity index (χ1n) is 13.3. The fourth-order valence-electron chi connectivity index (χ4n) is 5.44. The van der Waals surface area contributed by atoms with Crippen molar-refractivity contribution in [2.24, 2.45) is 0 Å². The summed E-state index contributed by atoms with van der Waals surface area (Å²) < 4.78 is 16.8. The predicted molar refractivity (Wildman–Crippen MR) is 163 cm³/mol. The second-order valence-corrected chi connectivity index (χ2v) is 10.5. The Balaban J connectivity index is 1.20. The van der Waals surface area contributed by atoms with Gasteiger partial charge in [0.15, 0.2) is 11.3 Å². The third kappa shape index (κ3) is 4.12. The van der Waals surface area contributed by atoms with Crippen molar-refractivity contribution < 1.29 is 4.39 Å². The molecule has 0 saturated carbocycles. The van der Waals surface area contributed by atoms with Crippen molar-refractivity contribution in [3.63, 3.8) is 0 Å². The molecule has 5 aromatic heterocycles. The second-order valence-electron chi connectivity index (χ2n) is 10.0. The molecule has 0 aliphatic carbocycles. The fraction of sp³-hybridized carbons (Fsp3) is 0.0303. The SMILES string of the molecule is Fc1cc2ncccc2cc1Cn1cnc2ncc(-c3ccnc4cc(-c5ccnc6cc(Cl)ccc56)ccc34)nc21. The summed E-state index contributed by atoms with van der Waals surface area (Å²) in [6.45, 7) is 0.261. The molecule has 0 atom stereocenters. The number of rotatable bonds is 4. The van der Waals surface area contributed by atoms with Crippen molar-refractivity contribution in [3.8, 4) is 22.4 Å². The Bertz CT molecular complexity index is 2330. The number of imidazole rings is 1. The Hall–Kier alpha value is -5.34. The van der Waals surface area contributed by atoms with Gasteiger partial charge in [-0.1, -0.05) is 35.9 Å². The minimum absolute atomic E-state index is 0.261. The largest absolute Gasteiger partial charge is 0.309 e. The van der Waals surface area contributed by atoms with Crippen molar-refractivity contribution in [2.75, 3.05) is 0 Å². The molecule has 0 aliphatic rings. The summed E-state index contributed by atoms with van der Waals surface area (Å²) in [5, 5.41) is 3.48. The lowest BCUT2D eigenvalue weighted by Crippen LogP contribution is -2.03. The number of pyridine rings is 3. The number of halogens is 2. The highest BCUT2D eigenvalue weighted by molar-refractivity contribution is 6.31. The van der Waals surface area contributed by atoms with E-state index in [9.17, 15) is 4.39 Å². The van der Waals surface area contributed by atoms with E-state index in [0.717, 1.165) is 43.9 Å². The van der Waals surface area contributed by atoms with Gasteiger partial charge in [0.05, 0.1) is 41.3 Å². The quantitative estimate of drug-likeness (QED) is 0.217. The maximum Gasteiger partial charge on any atom is 0.197 e. The van der Waals surface area contributed by atoms with E-state index in [1.54, 1.807) is 31.1 Å². The molecule has 8 aromatic rings. The Labute approximate surface area is 243 Å². The average molecular weight is 568 g/mol. The molecule has 0 fully saturated rings. The lowest BCUT2D eigenvalue weighted by molar-refractivity contribution is 0.603. The van der Waals surface area contributed by atoms with Crippen LogP contribution in [0.25, 0.3) is 66.4 Å². The number of benzene rings is 3. The molecule has 5 heterocycles. The van der Waals surface area contributed by atoms with E-state index in [4.69, 9.17) is 16.6 Å². The molecule has 42 heavy (non-hydrogen) atoms. The number of fused-ring (bicyclic) bond motifs is 4. The lowest BCUT2D eigenvalue weighted by atomic mass is 9.98. The number of hydrogen-bond donors (Lipinski definition) is 0. The van der Waals surface area contributed by atoms with Crippen LogP contribution in [0.5, 0.6) is 0 Å². The van der Waals surface area contributed by atoms with Crippen LogP contribution in [-0.4, -0.2) is 34.5 Å². The van der Waals surface area contributed by atoms with E-state index >= 15 is 0 Å². The van der Waals surface area contributed by atoms with E-state index < -0.39 is 0 Å². The average Bonchev–Trinajstić information content (AvgIpc) is 3.42. The minimum Gasteiger partial charge on any atom is -0.309 e. The maximum atomic E-state index is 15.0. The first kappa shape index (κ1) is 24.5. The van der Waals surface area contributed by atoms with Crippen LogP contribution in [0.15, 0.2) is 104 Å². The highest BCUT2D eigenvalue weighted by Crippen LogP contribution is 2.33. The van der Waals surface area contributed by atoms with Crippen LogP contribution in [-0.2, 0) is 6.54 Å². The third-order valence-corrected chi connectivity index (χ3v) is 7.71. The zero-order chi connectivity index (χ0) is 28.2. The van der Waals surface area contributed by atoms with Gasteiger partial charge < -0.3 is 4.57 Å². The van der Waals surface area contributed by atoms with Crippen molar-refractivity contribution in [1.82, 2.24) is 34.5 Å². The molecule has 0 amide bonds. The Morgan fingerprint density at radius 1 is 0.714 bits per heavy atom. The fourth-order valence-corrected chi connectivity index (χ4v) is 5.61. The monoisotopic (exact) mass is 567 g/mol. The van der Waals surface area contributed by atoms with Gasteiger partial charge in [-0.25, -0.2) is 19.3 Å². The molecule has 0 spiro atoms. The standard InChI is InChI=1S/C33H19ClFN7/c34-22-4-6-24-23(7-10-38-30(24)14-22)19-3-5-25-26(8-11-37-29(25)13-19)31-16-39-32-33(41-31)42(18-40-32)17-21-12-20-2-1-9-36-28(20)15-27(21)35/h1-16,18H,17H2. The highest BCUT2D eigenvalue weighted by atomic mass is 35.5. The minimum atomic E-state index is -0.326. The summed E-state index contributed by atoms with van der Waals surface area (Å²) in [5.74, 6) is -0.326. The molecule has 0 aliphatic heterocycles. The second kappa shape index (κ2) is 9.64. The predicted octanol–water partition coefficient (Wildman–Crippen LogP) is 7.65. The van der Waals surface area contributed by atoms with Crippen molar-refractivity contribution in [2.45, 2.75) is 6.54 Å². The van der Waals surface area contributed by atoms with Crippen LogP contribution in [0.2, 0.25) is 5.02 Å². The molecule has 0 saturated heterocycles. The zero-order valence-electron chi connectivity index (χ0n) is 21.9. The maximum absolute atomic E-state index is 15.0. The molecule has 0 unspecified atom stereocenters. The van der Waals surface area contributed by atoms with Gasteiger partial charge in [-0.15, -0.1) is 0 Å². The van der Waals surface area contributed by atoms with Gasteiger partial charge in [-0.2, -0.15) is 0 Å². The van der Waals surface area contributed by atoms with E-state index in [2.05, 4.69) is 43.1 Å². The normalized spacial score (nSPS) is 11.7. The number of aromatic nitrogens is 7.